The fraction of sp³-hybridized carbons (Fsp3) is 0.286. The summed E-state index contributed by atoms with van der Waals surface area (Å²) in [7, 11) is 0. The molecule has 1 unspecified atom stereocenters. The van der Waals surface area contributed by atoms with Crippen molar-refractivity contribution >= 4 is 39.5 Å². The molecule has 0 saturated heterocycles. The van der Waals surface area contributed by atoms with Crippen LogP contribution >= 0.6 is 34.2 Å². The van der Waals surface area contributed by atoms with Crippen LogP contribution in [0.15, 0.2) is 26.4 Å². The van der Waals surface area contributed by atoms with E-state index in [1.807, 2.05) is 0 Å². The minimum absolute atomic E-state index is 0.251. The maximum atomic E-state index is 5.71. The van der Waals surface area contributed by atoms with E-state index in [-0.39, 0.29) is 6.04 Å². The molecular weight excluding hydrogens is 274 g/mol. The Labute approximate surface area is 83.5 Å². The Balaban J connectivity index is 2.27. The molecule has 0 radical (unpaired) electrons. The molecule has 2 rings (SSSR count). The van der Waals surface area contributed by atoms with E-state index in [2.05, 4.69) is 45.1 Å². The van der Waals surface area contributed by atoms with Gasteiger partial charge < -0.3 is 5.32 Å². The predicted molar refractivity (Wildman–Crippen MR) is 55.0 cm³/mol. The van der Waals surface area contributed by atoms with Crippen molar-refractivity contribution in [1.29, 1.82) is 0 Å². The SMILES string of the molecule is ClC1=NC2CC=C(I)C=C2N1. The van der Waals surface area contributed by atoms with Gasteiger partial charge in [-0.15, -0.1) is 0 Å². The van der Waals surface area contributed by atoms with Gasteiger partial charge in [-0.05, 0) is 46.7 Å². The molecule has 58 valence electrons. The molecule has 0 aromatic rings. The lowest BCUT2D eigenvalue weighted by atomic mass is 10.1. The van der Waals surface area contributed by atoms with Crippen molar-refractivity contribution in [2.24, 2.45) is 4.99 Å². The summed E-state index contributed by atoms with van der Waals surface area (Å²) in [5.74, 6) is 0. The summed E-state index contributed by atoms with van der Waals surface area (Å²) in [5, 5.41) is 3.53. The van der Waals surface area contributed by atoms with Crippen LogP contribution in [0.4, 0.5) is 0 Å². The highest BCUT2D eigenvalue weighted by Crippen LogP contribution is 2.26. The van der Waals surface area contributed by atoms with Crippen LogP contribution in [0.5, 0.6) is 0 Å². The molecule has 1 aliphatic carbocycles. The van der Waals surface area contributed by atoms with Crippen LogP contribution in [-0.2, 0) is 0 Å². The zero-order chi connectivity index (χ0) is 7.84. The van der Waals surface area contributed by atoms with Crippen LogP contribution in [0.3, 0.4) is 0 Å². The fourth-order valence-electron chi connectivity index (χ4n) is 1.18. The third-order valence-electron chi connectivity index (χ3n) is 1.71. The van der Waals surface area contributed by atoms with Crippen molar-refractivity contribution in [1.82, 2.24) is 5.32 Å². The highest BCUT2D eigenvalue weighted by Gasteiger charge is 2.22. The van der Waals surface area contributed by atoms with Gasteiger partial charge in [0, 0.05) is 9.28 Å². The van der Waals surface area contributed by atoms with E-state index in [1.165, 1.54) is 3.58 Å². The third kappa shape index (κ3) is 1.44. The molecule has 2 nitrogen and oxygen atoms in total. The van der Waals surface area contributed by atoms with Gasteiger partial charge in [0.05, 0.1) is 6.04 Å². The lowest BCUT2D eigenvalue weighted by Crippen LogP contribution is -2.16. The van der Waals surface area contributed by atoms with Crippen LogP contribution in [0.2, 0.25) is 0 Å². The van der Waals surface area contributed by atoms with Gasteiger partial charge in [-0.2, -0.15) is 0 Å². The average Bonchev–Trinajstić information content (AvgIpc) is 2.27. The lowest BCUT2D eigenvalue weighted by Gasteiger charge is -2.11. The number of amidine groups is 1. The molecular formula is C7H6ClIN2. The number of allylic oxidation sites excluding steroid dienone is 2. The molecule has 4 heteroatoms. The molecule has 1 heterocycles. The molecule has 0 fully saturated rings. The zero-order valence-corrected chi connectivity index (χ0v) is 8.56. The largest absolute Gasteiger partial charge is 0.332 e. The molecule has 0 saturated carbocycles. The maximum Gasteiger partial charge on any atom is 0.196 e. The lowest BCUT2D eigenvalue weighted by molar-refractivity contribution is 0.784. The summed E-state index contributed by atoms with van der Waals surface area (Å²) in [6, 6.07) is 0.251. The van der Waals surface area contributed by atoms with Gasteiger partial charge in [-0.25, -0.2) is 4.99 Å². The number of nitrogens with one attached hydrogen (secondary N) is 1. The summed E-state index contributed by atoms with van der Waals surface area (Å²) in [5.41, 5.74) is 1.13. The predicted octanol–water partition coefficient (Wildman–Crippen LogP) is 2.16. The zero-order valence-electron chi connectivity index (χ0n) is 5.64. The van der Waals surface area contributed by atoms with Crippen molar-refractivity contribution in [3.05, 3.63) is 21.4 Å². The van der Waals surface area contributed by atoms with Gasteiger partial charge in [-0.3, -0.25) is 0 Å². The molecule has 0 bridgehead atoms. The van der Waals surface area contributed by atoms with Crippen LogP contribution in [0, 0.1) is 0 Å². The number of aliphatic imine (C=N–C) groups is 1. The highest BCUT2D eigenvalue weighted by molar-refractivity contribution is 14.1. The Morgan fingerprint density at radius 3 is 3.36 bits per heavy atom. The van der Waals surface area contributed by atoms with E-state index in [1.54, 1.807) is 0 Å². The molecule has 11 heavy (non-hydrogen) atoms. The maximum absolute atomic E-state index is 5.71. The van der Waals surface area contributed by atoms with Gasteiger partial charge in [0.1, 0.15) is 0 Å². The van der Waals surface area contributed by atoms with Crippen LogP contribution < -0.4 is 5.32 Å². The number of hydrogen-bond donors (Lipinski definition) is 1. The number of nitrogens with zero attached hydrogens (tertiary/aromatic N) is 1. The Morgan fingerprint density at radius 1 is 1.73 bits per heavy atom. The summed E-state index contributed by atoms with van der Waals surface area (Å²) in [6.07, 6.45) is 5.20. The first-order chi connectivity index (χ1) is 5.25. The van der Waals surface area contributed by atoms with Crippen LogP contribution in [0.1, 0.15) is 6.42 Å². The van der Waals surface area contributed by atoms with Crippen molar-refractivity contribution in [3.8, 4) is 0 Å². The van der Waals surface area contributed by atoms with E-state index in [9.17, 15) is 0 Å². The van der Waals surface area contributed by atoms with Crippen LogP contribution in [-0.4, -0.2) is 11.3 Å². The van der Waals surface area contributed by atoms with Crippen molar-refractivity contribution in [2.75, 3.05) is 0 Å². The fourth-order valence-corrected chi connectivity index (χ4v) is 2.00. The van der Waals surface area contributed by atoms with E-state index in [0.29, 0.717) is 5.29 Å². The number of hydrogen-bond acceptors (Lipinski definition) is 2. The van der Waals surface area contributed by atoms with E-state index in [0.717, 1.165) is 12.1 Å². The first-order valence-electron chi connectivity index (χ1n) is 3.33. The topological polar surface area (TPSA) is 24.4 Å². The van der Waals surface area contributed by atoms with E-state index >= 15 is 0 Å². The molecule has 0 amide bonds. The standard InChI is InChI=1S/C7H6ClIN2/c8-7-10-5-2-1-4(9)3-6(5)11-7/h1,3,5H,2H2,(H,10,11). The van der Waals surface area contributed by atoms with Gasteiger partial charge in [0.15, 0.2) is 5.29 Å². The summed E-state index contributed by atoms with van der Waals surface area (Å²) in [4.78, 5) is 4.20. The minimum Gasteiger partial charge on any atom is -0.332 e. The first kappa shape index (κ1) is 7.61. The number of rotatable bonds is 0. The molecule has 1 atom stereocenters. The average molecular weight is 280 g/mol. The molecule has 2 aliphatic rings. The molecule has 1 aliphatic heterocycles. The minimum atomic E-state index is 0.251. The second-order valence-electron chi connectivity index (χ2n) is 2.49. The Hall–Kier alpha value is -0.0300. The van der Waals surface area contributed by atoms with Crippen LogP contribution in [0.25, 0.3) is 0 Å². The Bertz CT molecular complexity index is 280. The monoisotopic (exact) mass is 280 g/mol. The van der Waals surface area contributed by atoms with Crippen molar-refractivity contribution in [2.45, 2.75) is 12.5 Å². The van der Waals surface area contributed by atoms with Gasteiger partial charge in [0.2, 0.25) is 0 Å². The van der Waals surface area contributed by atoms with Gasteiger partial charge in [-0.1, -0.05) is 6.08 Å². The molecule has 0 aromatic carbocycles. The summed E-state index contributed by atoms with van der Waals surface area (Å²) < 4.78 is 1.25. The quantitative estimate of drug-likeness (QED) is 0.534. The summed E-state index contributed by atoms with van der Waals surface area (Å²) in [6.45, 7) is 0. The van der Waals surface area contributed by atoms with E-state index < -0.39 is 0 Å². The highest BCUT2D eigenvalue weighted by atomic mass is 127. The number of fused-ring (bicyclic) bond motifs is 1. The second kappa shape index (κ2) is 2.79. The second-order valence-corrected chi connectivity index (χ2v) is 4.09. The molecule has 0 spiro atoms. The number of halogens is 2. The van der Waals surface area contributed by atoms with E-state index in [4.69, 9.17) is 11.6 Å². The normalized spacial score (nSPS) is 28.2. The smallest absolute Gasteiger partial charge is 0.196 e. The third-order valence-corrected chi connectivity index (χ3v) is 2.65. The van der Waals surface area contributed by atoms with Crippen molar-refractivity contribution in [3.63, 3.8) is 0 Å². The first-order valence-corrected chi connectivity index (χ1v) is 4.79. The Morgan fingerprint density at radius 2 is 2.55 bits per heavy atom. The van der Waals surface area contributed by atoms with Crippen molar-refractivity contribution < 1.29 is 0 Å². The molecule has 0 aromatic heterocycles. The van der Waals surface area contributed by atoms with Gasteiger partial charge >= 0.3 is 0 Å². The summed E-state index contributed by atoms with van der Waals surface area (Å²) >= 11 is 8.00. The van der Waals surface area contributed by atoms with Gasteiger partial charge in [0.25, 0.3) is 0 Å². The Kier molecular flexibility index (Phi) is 1.93. The molecule has 1 N–H and O–H groups in total.